The van der Waals surface area contributed by atoms with E-state index >= 15 is 0 Å². The van der Waals surface area contributed by atoms with E-state index in [0.717, 1.165) is 11.0 Å². The molecule has 1 heterocycles. The van der Waals surface area contributed by atoms with Crippen LogP contribution in [-0.2, 0) is 0 Å². The molecule has 4 nitrogen and oxygen atoms in total. The lowest BCUT2D eigenvalue weighted by atomic mass is 10.2. The van der Waals surface area contributed by atoms with Gasteiger partial charge in [-0.2, -0.15) is 0 Å². The number of carboxylic acids is 1. The summed E-state index contributed by atoms with van der Waals surface area (Å²) >= 11 is 0. The van der Waals surface area contributed by atoms with Crippen molar-refractivity contribution in [3.05, 3.63) is 30.1 Å². The van der Waals surface area contributed by atoms with Gasteiger partial charge in [0.15, 0.2) is 0 Å². The van der Waals surface area contributed by atoms with E-state index in [1.165, 1.54) is 25.7 Å². The van der Waals surface area contributed by atoms with Crippen LogP contribution in [0.4, 0.5) is 0 Å². The van der Waals surface area contributed by atoms with Crippen LogP contribution in [0.15, 0.2) is 24.5 Å². The van der Waals surface area contributed by atoms with Crippen LogP contribution in [0.1, 0.15) is 42.1 Å². The minimum Gasteiger partial charge on any atom is -0.478 e. The number of hydrogen-bond donors (Lipinski definition) is 1. The molecule has 0 atom stereocenters. The number of rotatable bonds is 2. The van der Waals surface area contributed by atoms with Gasteiger partial charge < -0.3 is 9.67 Å². The molecule has 1 aromatic carbocycles. The number of hydrogen-bond acceptors (Lipinski definition) is 2. The summed E-state index contributed by atoms with van der Waals surface area (Å²) in [6, 6.07) is 5.60. The Balaban J connectivity index is 2.11. The zero-order valence-electron chi connectivity index (χ0n) is 9.47. The van der Waals surface area contributed by atoms with Gasteiger partial charge in [0.2, 0.25) is 0 Å². The molecule has 0 spiro atoms. The highest BCUT2D eigenvalue weighted by atomic mass is 16.4. The molecule has 3 rings (SSSR count). The number of carbonyl (C=O) groups is 1. The Bertz CT molecular complexity index is 568. The molecule has 1 fully saturated rings. The molecule has 0 aliphatic heterocycles. The zero-order valence-corrected chi connectivity index (χ0v) is 9.47. The van der Waals surface area contributed by atoms with Gasteiger partial charge >= 0.3 is 5.97 Å². The molecular formula is C13H14N2O2. The topological polar surface area (TPSA) is 55.1 Å². The maximum absolute atomic E-state index is 11.0. The van der Waals surface area contributed by atoms with Crippen LogP contribution in [0, 0.1) is 0 Å². The van der Waals surface area contributed by atoms with Crippen molar-refractivity contribution in [1.29, 1.82) is 0 Å². The number of benzene rings is 1. The molecule has 1 aliphatic carbocycles. The lowest BCUT2D eigenvalue weighted by molar-refractivity contribution is 0.0697. The van der Waals surface area contributed by atoms with Crippen molar-refractivity contribution >= 4 is 17.0 Å². The summed E-state index contributed by atoms with van der Waals surface area (Å²) in [4.78, 5) is 15.3. The summed E-state index contributed by atoms with van der Waals surface area (Å²) in [6.45, 7) is 0. The highest BCUT2D eigenvalue weighted by Gasteiger charge is 2.19. The summed E-state index contributed by atoms with van der Waals surface area (Å²) in [5.41, 5.74) is 2.15. The van der Waals surface area contributed by atoms with Crippen LogP contribution >= 0.6 is 0 Å². The quantitative estimate of drug-likeness (QED) is 0.863. The summed E-state index contributed by atoms with van der Waals surface area (Å²) in [5.74, 6) is -0.883. The molecule has 0 bridgehead atoms. The van der Waals surface area contributed by atoms with Crippen LogP contribution in [0.25, 0.3) is 11.0 Å². The molecule has 2 aromatic rings. The van der Waals surface area contributed by atoms with Gasteiger partial charge in [-0.15, -0.1) is 0 Å². The van der Waals surface area contributed by atoms with E-state index in [1.807, 2.05) is 6.33 Å². The van der Waals surface area contributed by atoms with Gasteiger partial charge in [-0.25, -0.2) is 9.78 Å². The van der Waals surface area contributed by atoms with Crippen molar-refractivity contribution in [2.75, 3.05) is 0 Å². The lowest BCUT2D eigenvalue weighted by Crippen LogP contribution is -2.03. The Hall–Kier alpha value is -1.84. The molecule has 0 radical (unpaired) electrons. The predicted octanol–water partition coefficient (Wildman–Crippen LogP) is 2.85. The van der Waals surface area contributed by atoms with Gasteiger partial charge in [-0.05, 0) is 31.0 Å². The van der Waals surface area contributed by atoms with Crippen LogP contribution in [0.5, 0.6) is 0 Å². The van der Waals surface area contributed by atoms with Gasteiger partial charge in [0.1, 0.15) is 0 Å². The molecular weight excluding hydrogens is 216 g/mol. The fraction of sp³-hybridized carbons (Fsp3) is 0.385. The van der Waals surface area contributed by atoms with Gasteiger partial charge in [0, 0.05) is 6.04 Å². The Morgan fingerprint density at radius 3 is 2.82 bits per heavy atom. The molecule has 4 heteroatoms. The third-order valence-electron chi connectivity index (χ3n) is 3.54. The number of aromatic nitrogens is 2. The summed E-state index contributed by atoms with van der Waals surface area (Å²) in [6.07, 6.45) is 6.68. The van der Waals surface area contributed by atoms with Crippen molar-refractivity contribution in [2.45, 2.75) is 31.7 Å². The average molecular weight is 230 g/mol. The van der Waals surface area contributed by atoms with E-state index < -0.39 is 5.97 Å². The maximum atomic E-state index is 11.0. The molecule has 1 saturated carbocycles. The Kier molecular flexibility index (Phi) is 2.35. The number of aromatic carboxylic acids is 1. The van der Waals surface area contributed by atoms with Crippen LogP contribution in [0.2, 0.25) is 0 Å². The first kappa shape index (κ1) is 10.3. The summed E-state index contributed by atoms with van der Waals surface area (Å²) < 4.78 is 2.13. The highest BCUT2D eigenvalue weighted by molar-refractivity contribution is 5.92. The van der Waals surface area contributed by atoms with E-state index in [1.54, 1.807) is 18.2 Å². The molecule has 0 amide bonds. The summed E-state index contributed by atoms with van der Waals surface area (Å²) in [7, 11) is 0. The maximum Gasteiger partial charge on any atom is 0.335 e. The van der Waals surface area contributed by atoms with Crippen molar-refractivity contribution in [2.24, 2.45) is 0 Å². The lowest BCUT2D eigenvalue weighted by Gasteiger charge is -2.12. The van der Waals surface area contributed by atoms with Gasteiger partial charge in [0.25, 0.3) is 0 Å². The second kappa shape index (κ2) is 3.87. The first-order valence-corrected chi connectivity index (χ1v) is 5.95. The average Bonchev–Trinajstić information content (AvgIpc) is 2.96. The van der Waals surface area contributed by atoms with Crippen LogP contribution in [-0.4, -0.2) is 20.6 Å². The molecule has 1 aliphatic rings. The Morgan fingerprint density at radius 1 is 1.35 bits per heavy atom. The molecule has 1 N–H and O–H groups in total. The zero-order chi connectivity index (χ0) is 11.8. The van der Waals surface area contributed by atoms with Gasteiger partial charge in [0.05, 0.1) is 22.9 Å². The van der Waals surface area contributed by atoms with Crippen LogP contribution in [0.3, 0.4) is 0 Å². The van der Waals surface area contributed by atoms with Crippen molar-refractivity contribution < 1.29 is 9.90 Å². The largest absolute Gasteiger partial charge is 0.478 e. The second-order valence-electron chi connectivity index (χ2n) is 4.60. The number of fused-ring (bicyclic) bond motifs is 1. The fourth-order valence-corrected chi connectivity index (χ4v) is 2.63. The number of nitrogens with zero attached hydrogens (tertiary/aromatic N) is 2. The second-order valence-corrected chi connectivity index (χ2v) is 4.60. The van der Waals surface area contributed by atoms with Gasteiger partial charge in [-0.3, -0.25) is 0 Å². The van der Waals surface area contributed by atoms with E-state index in [0.29, 0.717) is 11.6 Å². The van der Waals surface area contributed by atoms with Crippen molar-refractivity contribution in [3.63, 3.8) is 0 Å². The number of imidazole rings is 1. The highest BCUT2D eigenvalue weighted by Crippen LogP contribution is 2.32. The fourth-order valence-electron chi connectivity index (χ4n) is 2.63. The van der Waals surface area contributed by atoms with Crippen molar-refractivity contribution in [3.8, 4) is 0 Å². The van der Waals surface area contributed by atoms with E-state index in [-0.39, 0.29) is 0 Å². The number of carboxylic acid groups (broad SMARTS) is 1. The van der Waals surface area contributed by atoms with Crippen molar-refractivity contribution in [1.82, 2.24) is 9.55 Å². The van der Waals surface area contributed by atoms with E-state index in [4.69, 9.17) is 5.11 Å². The first-order chi connectivity index (χ1) is 8.25. The minimum absolute atomic E-state index is 0.331. The molecule has 17 heavy (non-hydrogen) atoms. The smallest absolute Gasteiger partial charge is 0.335 e. The summed E-state index contributed by atoms with van der Waals surface area (Å²) in [5, 5.41) is 9.01. The normalized spacial score (nSPS) is 16.7. The molecule has 1 aromatic heterocycles. The standard InChI is InChI=1S/C13H14N2O2/c16-13(17)9-5-6-11-12(7-9)15(8-14-11)10-3-1-2-4-10/h5-8,10H,1-4H2,(H,16,17). The van der Waals surface area contributed by atoms with Crippen LogP contribution < -0.4 is 0 Å². The monoisotopic (exact) mass is 230 g/mol. The third-order valence-corrected chi connectivity index (χ3v) is 3.54. The molecule has 0 unspecified atom stereocenters. The Morgan fingerprint density at radius 2 is 2.12 bits per heavy atom. The SMILES string of the molecule is O=C(O)c1ccc2ncn(C3CCCC3)c2c1. The van der Waals surface area contributed by atoms with Gasteiger partial charge in [-0.1, -0.05) is 12.8 Å². The first-order valence-electron chi connectivity index (χ1n) is 5.95. The van der Waals surface area contributed by atoms with E-state index in [2.05, 4.69) is 9.55 Å². The van der Waals surface area contributed by atoms with E-state index in [9.17, 15) is 4.79 Å². The Labute approximate surface area is 98.9 Å². The third kappa shape index (κ3) is 1.69. The predicted molar refractivity (Wildman–Crippen MR) is 64.2 cm³/mol. The molecule has 88 valence electrons. The minimum atomic E-state index is -0.883. The molecule has 0 saturated heterocycles.